The minimum absolute atomic E-state index is 0.204. The van der Waals surface area contributed by atoms with Crippen molar-refractivity contribution >= 4 is 27.5 Å². The first-order chi connectivity index (χ1) is 8.62. The lowest BCUT2D eigenvalue weighted by Gasteiger charge is -2.30. The van der Waals surface area contributed by atoms with Gasteiger partial charge in [0.25, 0.3) is 0 Å². The molecule has 0 aliphatic carbocycles. The third kappa shape index (κ3) is 4.52. The lowest BCUT2D eigenvalue weighted by Crippen LogP contribution is -2.35. The minimum atomic E-state index is -0.352. The van der Waals surface area contributed by atoms with Crippen LogP contribution in [0.4, 0.5) is 4.39 Å². The number of alkyl halides is 1. The number of hydrogen-bond acceptors (Lipinski definition) is 1. The third-order valence-corrected chi connectivity index (χ3v) is 3.84. The fourth-order valence-electron chi connectivity index (χ4n) is 2.18. The quantitative estimate of drug-likeness (QED) is 0.642. The van der Waals surface area contributed by atoms with E-state index in [4.69, 9.17) is 11.6 Å². The Morgan fingerprint density at radius 3 is 2.50 bits per heavy atom. The highest BCUT2D eigenvalue weighted by atomic mass is 79.9. The van der Waals surface area contributed by atoms with E-state index in [9.17, 15) is 4.39 Å². The normalized spacial score (nSPS) is 11.5. The van der Waals surface area contributed by atoms with Crippen LogP contribution in [0, 0.1) is 5.82 Å². The maximum Gasteiger partial charge on any atom is 0.141 e. The molecule has 0 saturated heterocycles. The van der Waals surface area contributed by atoms with Gasteiger partial charge in [-0.15, -0.1) is 0 Å². The highest BCUT2D eigenvalue weighted by molar-refractivity contribution is 9.09. The molecule has 0 spiro atoms. The van der Waals surface area contributed by atoms with Crippen LogP contribution < -0.4 is 0 Å². The first-order valence-electron chi connectivity index (χ1n) is 6.36. The molecular weight excluding hydrogens is 317 g/mol. The van der Waals surface area contributed by atoms with Crippen molar-refractivity contribution < 1.29 is 4.39 Å². The molecule has 102 valence electrons. The van der Waals surface area contributed by atoms with Gasteiger partial charge in [-0.3, -0.25) is 4.90 Å². The van der Waals surface area contributed by atoms with Crippen LogP contribution in [0.15, 0.2) is 18.2 Å². The zero-order valence-electron chi connectivity index (χ0n) is 10.9. The van der Waals surface area contributed by atoms with E-state index < -0.39 is 0 Å². The summed E-state index contributed by atoms with van der Waals surface area (Å²) in [6.45, 7) is 6.21. The molecule has 0 aliphatic heterocycles. The summed E-state index contributed by atoms with van der Waals surface area (Å²) in [4.78, 5) is 2.41. The number of benzene rings is 1. The van der Waals surface area contributed by atoms with Gasteiger partial charge < -0.3 is 0 Å². The van der Waals surface area contributed by atoms with Crippen molar-refractivity contribution in [2.24, 2.45) is 0 Å². The number of hydrogen-bond donors (Lipinski definition) is 0. The number of rotatable bonds is 7. The van der Waals surface area contributed by atoms with Gasteiger partial charge in [-0.2, -0.15) is 0 Å². The van der Waals surface area contributed by atoms with Crippen LogP contribution in [-0.4, -0.2) is 22.8 Å². The van der Waals surface area contributed by atoms with Crippen LogP contribution in [0.3, 0.4) is 0 Å². The monoisotopic (exact) mass is 335 g/mol. The Morgan fingerprint density at radius 2 is 2.00 bits per heavy atom. The standard InChI is InChI=1S/C14H20BrClFN/c1-3-12(4-2)18(8-7-15)10-11-5-6-14(17)13(16)9-11/h5-6,9,12H,3-4,7-8,10H2,1-2H3. The molecule has 0 radical (unpaired) electrons. The molecule has 0 unspecified atom stereocenters. The predicted octanol–water partition coefficient (Wildman–Crippen LogP) is 4.86. The minimum Gasteiger partial charge on any atom is -0.295 e. The van der Waals surface area contributed by atoms with Crippen LogP contribution in [0.5, 0.6) is 0 Å². The molecule has 0 atom stereocenters. The molecule has 4 heteroatoms. The van der Waals surface area contributed by atoms with Gasteiger partial charge in [-0.25, -0.2) is 4.39 Å². The van der Waals surface area contributed by atoms with Crippen molar-refractivity contribution in [2.75, 3.05) is 11.9 Å². The topological polar surface area (TPSA) is 3.24 Å². The Hall–Kier alpha value is -0.120. The van der Waals surface area contributed by atoms with Crippen LogP contribution in [-0.2, 0) is 6.54 Å². The van der Waals surface area contributed by atoms with Gasteiger partial charge in [0.05, 0.1) is 5.02 Å². The van der Waals surface area contributed by atoms with Gasteiger partial charge >= 0.3 is 0 Å². The zero-order chi connectivity index (χ0) is 13.5. The first kappa shape index (κ1) is 15.9. The molecule has 0 fully saturated rings. The number of nitrogens with zero attached hydrogens (tertiary/aromatic N) is 1. The molecule has 1 aromatic rings. The second-order valence-corrected chi connectivity index (χ2v) is 5.58. The molecular formula is C14H20BrClFN. The van der Waals surface area contributed by atoms with Crippen molar-refractivity contribution in [3.63, 3.8) is 0 Å². The smallest absolute Gasteiger partial charge is 0.141 e. The van der Waals surface area contributed by atoms with Crippen LogP contribution >= 0.6 is 27.5 Å². The molecule has 0 heterocycles. The number of halogens is 3. The van der Waals surface area contributed by atoms with E-state index in [0.717, 1.165) is 36.8 Å². The second kappa shape index (κ2) is 8.13. The Bertz CT molecular complexity index is 369. The predicted molar refractivity (Wildman–Crippen MR) is 80.0 cm³/mol. The van der Waals surface area contributed by atoms with E-state index in [-0.39, 0.29) is 10.8 Å². The van der Waals surface area contributed by atoms with Crippen molar-refractivity contribution in [3.05, 3.63) is 34.6 Å². The molecule has 1 aromatic carbocycles. The maximum atomic E-state index is 13.1. The molecule has 0 saturated carbocycles. The van der Waals surface area contributed by atoms with Gasteiger partial charge in [0, 0.05) is 24.5 Å². The SMILES string of the molecule is CCC(CC)N(CCBr)Cc1ccc(F)c(Cl)c1. The molecule has 0 amide bonds. The lowest BCUT2D eigenvalue weighted by atomic mass is 10.1. The van der Waals surface area contributed by atoms with Crippen molar-refractivity contribution in [3.8, 4) is 0 Å². The van der Waals surface area contributed by atoms with E-state index >= 15 is 0 Å². The summed E-state index contributed by atoms with van der Waals surface area (Å²) >= 11 is 9.31. The summed E-state index contributed by atoms with van der Waals surface area (Å²) in [5.74, 6) is -0.352. The molecule has 0 bridgehead atoms. The first-order valence-corrected chi connectivity index (χ1v) is 7.86. The third-order valence-electron chi connectivity index (χ3n) is 3.20. The van der Waals surface area contributed by atoms with Gasteiger partial charge in [-0.1, -0.05) is 47.4 Å². The Kier molecular flexibility index (Phi) is 7.20. The second-order valence-electron chi connectivity index (χ2n) is 4.38. The Morgan fingerprint density at radius 1 is 1.33 bits per heavy atom. The summed E-state index contributed by atoms with van der Waals surface area (Å²) in [5, 5.41) is 1.15. The molecule has 0 aromatic heterocycles. The van der Waals surface area contributed by atoms with Crippen LogP contribution in [0.25, 0.3) is 0 Å². The fourth-order valence-corrected chi connectivity index (χ4v) is 2.84. The average Bonchev–Trinajstić information content (AvgIpc) is 2.35. The van der Waals surface area contributed by atoms with E-state index in [1.54, 1.807) is 6.07 Å². The largest absolute Gasteiger partial charge is 0.295 e. The van der Waals surface area contributed by atoms with E-state index in [0.29, 0.717) is 6.04 Å². The van der Waals surface area contributed by atoms with E-state index in [1.165, 1.54) is 6.07 Å². The van der Waals surface area contributed by atoms with Crippen molar-refractivity contribution in [2.45, 2.75) is 39.3 Å². The summed E-state index contributed by atoms with van der Waals surface area (Å²) in [6, 6.07) is 5.54. The van der Waals surface area contributed by atoms with Gasteiger partial charge in [-0.05, 0) is 30.5 Å². The zero-order valence-corrected chi connectivity index (χ0v) is 13.3. The maximum absolute atomic E-state index is 13.1. The van der Waals surface area contributed by atoms with E-state index in [1.807, 2.05) is 6.07 Å². The molecule has 18 heavy (non-hydrogen) atoms. The summed E-state index contributed by atoms with van der Waals surface area (Å²) < 4.78 is 13.1. The summed E-state index contributed by atoms with van der Waals surface area (Å²) in [6.07, 6.45) is 2.25. The summed E-state index contributed by atoms with van der Waals surface area (Å²) in [5.41, 5.74) is 1.06. The lowest BCUT2D eigenvalue weighted by molar-refractivity contribution is 0.189. The van der Waals surface area contributed by atoms with Gasteiger partial charge in [0.2, 0.25) is 0 Å². The van der Waals surface area contributed by atoms with Crippen LogP contribution in [0.1, 0.15) is 32.3 Å². The molecule has 1 rings (SSSR count). The van der Waals surface area contributed by atoms with Crippen molar-refractivity contribution in [1.29, 1.82) is 0 Å². The van der Waals surface area contributed by atoms with Gasteiger partial charge in [0.1, 0.15) is 5.82 Å². The van der Waals surface area contributed by atoms with Crippen molar-refractivity contribution in [1.82, 2.24) is 4.90 Å². The Labute approximate surface area is 122 Å². The fraction of sp³-hybridized carbons (Fsp3) is 0.571. The average molecular weight is 337 g/mol. The van der Waals surface area contributed by atoms with E-state index in [2.05, 4.69) is 34.7 Å². The van der Waals surface area contributed by atoms with Crippen LogP contribution in [0.2, 0.25) is 5.02 Å². The molecule has 0 N–H and O–H groups in total. The summed E-state index contributed by atoms with van der Waals surface area (Å²) in [7, 11) is 0. The highest BCUT2D eigenvalue weighted by Crippen LogP contribution is 2.19. The highest BCUT2D eigenvalue weighted by Gasteiger charge is 2.15. The molecule has 1 nitrogen and oxygen atoms in total. The Balaban J connectivity index is 2.78. The van der Waals surface area contributed by atoms with Gasteiger partial charge in [0.15, 0.2) is 0 Å². The molecule has 0 aliphatic rings.